The van der Waals surface area contributed by atoms with Gasteiger partial charge >= 0.3 is 0 Å². The summed E-state index contributed by atoms with van der Waals surface area (Å²) < 4.78 is 18.4. The summed E-state index contributed by atoms with van der Waals surface area (Å²) in [4.78, 5) is 12.7. The van der Waals surface area contributed by atoms with Crippen molar-refractivity contribution in [3.8, 4) is 11.5 Å². The fourth-order valence-electron chi connectivity index (χ4n) is 3.67. The summed E-state index contributed by atoms with van der Waals surface area (Å²) in [6.45, 7) is -0.0357. The average molecular weight is 469 g/mol. The van der Waals surface area contributed by atoms with E-state index in [4.69, 9.17) is 14.2 Å². The Balaban J connectivity index is 1.46. The maximum atomic E-state index is 12.7. The minimum atomic E-state index is -1.55. The lowest BCUT2D eigenvalue weighted by atomic mass is 9.99. The molecule has 4 N–H and O–H groups in total. The van der Waals surface area contributed by atoms with Gasteiger partial charge in [0.15, 0.2) is 0 Å². The molecule has 0 radical (unpaired) electrons. The first kappa shape index (κ1) is 23.9. The van der Waals surface area contributed by atoms with Crippen molar-refractivity contribution >= 4 is 0 Å². The molecule has 1 saturated heterocycles. The minimum absolute atomic E-state index is 0.172. The standard InChI is InChI=1S/C25H27NO8/c27-14-20-22(29)23(30)24(31)25(34-20)33-19-9-5-4-8-17(19)13-26-11-10-18(12-21(26)28)32-15-16-6-2-1-3-7-16/h1-12,20,22-25,27,29-31H,13-15H2/t20-,22-,23-,24+,25-/m1/s1. The summed E-state index contributed by atoms with van der Waals surface area (Å²) in [5.41, 5.74) is 1.35. The fourth-order valence-corrected chi connectivity index (χ4v) is 3.67. The maximum Gasteiger partial charge on any atom is 0.254 e. The summed E-state index contributed by atoms with van der Waals surface area (Å²) in [5, 5.41) is 39.6. The highest BCUT2D eigenvalue weighted by atomic mass is 16.7. The van der Waals surface area contributed by atoms with Crippen LogP contribution in [0.2, 0.25) is 0 Å². The highest BCUT2D eigenvalue weighted by Gasteiger charge is 2.44. The van der Waals surface area contributed by atoms with Gasteiger partial charge in [0, 0.05) is 17.8 Å². The van der Waals surface area contributed by atoms with Crippen molar-refractivity contribution in [2.45, 2.75) is 43.9 Å². The van der Waals surface area contributed by atoms with Gasteiger partial charge in [0.2, 0.25) is 6.29 Å². The van der Waals surface area contributed by atoms with Crippen molar-refractivity contribution in [2.24, 2.45) is 0 Å². The van der Waals surface area contributed by atoms with E-state index in [0.717, 1.165) is 5.56 Å². The normalized spacial score (nSPS) is 24.5. The van der Waals surface area contributed by atoms with Gasteiger partial charge < -0.3 is 39.2 Å². The molecule has 2 aromatic carbocycles. The number of ether oxygens (including phenoxy) is 3. The number of aliphatic hydroxyl groups excluding tert-OH is 4. The molecule has 4 rings (SSSR count). The zero-order chi connectivity index (χ0) is 24.1. The molecule has 0 aliphatic carbocycles. The lowest BCUT2D eigenvalue weighted by molar-refractivity contribution is -0.277. The zero-order valence-electron chi connectivity index (χ0n) is 18.3. The molecule has 1 aliphatic heterocycles. The van der Waals surface area contributed by atoms with Crippen LogP contribution in [-0.2, 0) is 17.9 Å². The van der Waals surface area contributed by atoms with Crippen LogP contribution in [0.15, 0.2) is 77.7 Å². The van der Waals surface area contributed by atoms with Gasteiger partial charge in [-0.25, -0.2) is 0 Å². The number of aromatic nitrogens is 1. The van der Waals surface area contributed by atoms with Crippen LogP contribution in [0.4, 0.5) is 0 Å². The van der Waals surface area contributed by atoms with Crippen LogP contribution in [0, 0.1) is 0 Å². The van der Waals surface area contributed by atoms with E-state index < -0.39 is 37.3 Å². The Hall–Kier alpha value is -3.21. The Kier molecular flexibility index (Phi) is 7.61. The first-order valence-electron chi connectivity index (χ1n) is 10.9. The van der Waals surface area contributed by atoms with Gasteiger partial charge in [-0.05, 0) is 17.7 Å². The number of aliphatic hydroxyl groups is 4. The topological polar surface area (TPSA) is 131 Å². The summed E-state index contributed by atoms with van der Waals surface area (Å²) in [7, 11) is 0. The van der Waals surface area contributed by atoms with E-state index in [-0.39, 0.29) is 12.1 Å². The molecule has 5 atom stereocenters. The monoisotopic (exact) mass is 469 g/mol. The van der Waals surface area contributed by atoms with E-state index in [1.807, 2.05) is 30.3 Å². The summed E-state index contributed by atoms with van der Waals surface area (Å²) in [5.74, 6) is 0.777. The van der Waals surface area contributed by atoms with Gasteiger partial charge in [0.25, 0.3) is 5.56 Å². The van der Waals surface area contributed by atoms with Gasteiger partial charge in [-0.1, -0.05) is 48.5 Å². The number of benzene rings is 2. The lowest BCUT2D eigenvalue weighted by Gasteiger charge is -2.39. The largest absolute Gasteiger partial charge is 0.489 e. The van der Waals surface area contributed by atoms with Gasteiger partial charge in [0.1, 0.15) is 42.5 Å². The van der Waals surface area contributed by atoms with E-state index in [2.05, 4.69) is 0 Å². The smallest absolute Gasteiger partial charge is 0.254 e. The quantitative estimate of drug-likeness (QED) is 0.378. The molecule has 0 amide bonds. The van der Waals surface area contributed by atoms with Crippen molar-refractivity contribution in [1.82, 2.24) is 4.57 Å². The minimum Gasteiger partial charge on any atom is -0.489 e. The Morgan fingerprint density at radius 2 is 1.65 bits per heavy atom. The fraction of sp³-hybridized carbons (Fsp3) is 0.320. The highest BCUT2D eigenvalue weighted by molar-refractivity contribution is 5.34. The number of hydrogen-bond donors (Lipinski definition) is 4. The number of nitrogens with zero attached hydrogens (tertiary/aromatic N) is 1. The second-order valence-electron chi connectivity index (χ2n) is 8.03. The number of rotatable bonds is 8. The number of pyridine rings is 1. The molecule has 9 nitrogen and oxygen atoms in total. The SMILES string of the molecule is O=c1cc(OCc2ccccc2)ccn1Cc1ccccc1O[C@@H]1O[C@H](CO)[C@@H](O)[C@@H](O)[C@@H]1O. The highest BCUT2D eigenvalue weighted by Crippen LogP contribution is 2.27. The number of para-hydroxylation sites is 1. The van der Waals surface area contributed by atoms with Crippen LogP contribution in [0.1, 0.15) is 11.1 Å². The summed E-state index contributed by atoms with van der Waals surface area (Å²) >= 11 is 0. The Labute approximate surface area is 196 Å². The Morgan fingerprint density at radius 1 is 0.912 bits per heavy atom. The van der Waals surface area contributed by atoms with E-state index in [1.165, 1.54) is 10.6 Å². The van der Waals surface area contributed by atoms with Crippen LogP contribution in [0.5, 0.6) is 11.5 Å². The Bertz CT molecular complexity index is 1130. The van der Waals surface area contributed by atoms with Crippen molar-refractivity contribution in [3.63, 3.8) is 0 Å². The molecular weight excluding hydrogens is 442 g/mol. The molecule has 180 valence electrons. The zero-order valence-corrected chi connectivity index (χ0v) is 18.3. The molecule has 0 bridgehead atoms. The van der Waals surface area contributed by atoms with Crippen LogP contribution in [0.3, 0.4) is 0 Å². The molecule has 34 heavy (non-hydrogen) atoms. The predicted molar refractivity (Wildman–Crippen MR) is 121 cm³/mol. The third-order valence-corrected chi connectivity index (χ3v) is 5.62. The Morgan fingerprint density at radius 3 is 2.38 bits per heavy atom. The van der Waals surface area contributed by atoms with Crippen molar-refractivity contribution in [1.29, 1.82) is 0 Å². The maximum absolute atomic E-state index is 12.7. The van der Waals surface area contributed by atoms with Crippen molar-refractivity contribution in [2.75, 3.05) is 6.61 Å². The first-order chi connectivity index (χ1) is 16.5. The summed E-state index contributed by atoms with van der Waals surface area (Å²) in [6.07, 6.45) is -5.34. The third-order valence-electron chi connectivity index (χ3n) is 5.62. The molecule has 0 saturated carbocycles. The van der Waals surface area contributed by atoms with Crippen LogP contribution >= 0.6 is 0 Å². The van der Waals surface area contributed by atoms with E-state index in [0.29, 0.717) is 23.7 Å². The molecular formula is C25H27NO8. The molecule has 1 fully saturated rings. The molecule has 2 heterocycles. The molecule has 3 aromatic rings. The molecule has 1 aliphatic rings. The molecule has 0 unspecified atom stereocenters. The second kappa shape index (κ2) is 10.8. The van der Waals surface area contributed by atoms with Crippen LogP contribution in [-0.4, -0.2) is 62.3 Å². The third kappa shape index (κ3) is 5.46. The van der Waals surface area contributed by atoms with E-state index in [9.17, 15) is 25.2 Å². The van der Waals surface area contributed by atoms with Gasteiger partial charge in [-0.2, -0.15) is 0 Å². The van der Waals surface area contributed by atoms with Gasteiger partial charge in [-0.15, -0.1) is 0 Å². The van der Waals surface area contributed by atoms with Gasteiger partial charge in [0.05, 0.1) is 13.2 Å². The van der Waals surface area contributed by atoms with Crippen LogP contribution < -0.4 is 15.0 Å². The first-order valence-corrected chi connectivity index (χ1v) is 10.9. The molecule has 1 aromatic heterocycles. The predicted octanol–water partition coefficient (Wildman–Crippen LogP) is 0.654. The average Bonchev–Trinajstić information content (AvgIpc) is 2.86. The van der Waals surface area contributed by atoms with Crippen molar-refractivity contribution in [3.05, 3.63) is 94.4 Å². The molecule has 0 spiro atoms. The van der Waals surface area contributed by atoms with E-state index >= 15 is 0 Å². The number of hydrogen-bond acceptors (Lipinski definition) is 8. The van der Waals surface area contributed by atoms with Gasteiger partial charge in [-0.3, -0.25) is 4.79 Å². The second-order valence-corrected chi connectivity index (χ2v) is 8.03. The van der Waals surface area contributed by atoms with Crippen molar-refractivity contribution < 1.29 is 34.6 Å². The summed E-state index contributed by atoms with van der Waals surface area (Å²) in [6, 6.07) is 19.6. The van der Waals surface area contributed by atoms with Crippen LogP contribution in [0.25, 0.3) is 0 Å². The molecule has 9 heteroatoms. The van der Waals surface area contributed by atoms with E-state index in [1.54, 1.807) is 36.5 Å². The lowest BCUT2D eigenvalue weighted by Crippen LogP contribution is -2.60.